The fraction of sp³-hybridized carbons (Fsp3) is 0.471. The number of rotatable bonds is 9. The van der Waals surface area contributed by atoms with E-state index in [1.807, 2.05) is 18.3 Å². The van der Waals surface area contributed by atoms with Gasteiger partial charge in [-0.15, -0.1) is 11.3 Å². The third-order valence-electron chi connectivity index (χ3n) is 3.25. The highest BCUT2D eigenvalue weighted by atomic mass is 32.1. The van der Waals surface area contributed by atoms with E-state index in [1.165, 1.54) is 10.4 Å². The van der Waals surface area contributed by atoms with Crippen LogP contribution in [0.5, 0.6) is 5.75 Å². The molecule has 0 bridgehead atoms. The molecule has 2 aromatic rings. The Morgan fingerprint density at radius 1 is 1.24 bits per heavy atom. The van der Waals surface area contributed by atoms with Gasteiger partial charge in [0.1, 0.15) is 5.75 Å². The molecule has 0 radical (unpaired) electrons. The molecule has 2 rings (SSSR count). The van der Waals surface area contributed by atoms with Crippen LogP contribution in [-0.2, 0) is 19.4 Å². The number of hydrogen-bond donors (Lipinski definition) is 1. The van der Waals surface area contributed by atoms with Gasteiger partial charge in [0, 0.05) is 24.0 Å². The van der Waals surface area contributed by atoms with E-state index in [1.54, 1.807) is 11.3 Å². The van der Waals surface area contributed by atoms with Crippen molar-refractivity contribution in [3.05, 3.63) is 45.9 Å². The minimum absolute atomic E-state index is 0.687. The molecule has 1 N–H and O–H groups in total. The number of nitrogens with zero attached hydrogens (tertiary/aromatic N) is 1. The minimum Gasteiger partial charge on any atom is -0.493 e. The van der Waals surface area contributed by atoms with E-state index in [0.717, 1.165) is 43.1 Å². The highest BCUT2D eigenvalue weighted by Crippen LogP contribution is 2.19. The Morgan fingerprint density at radius 3 is 2.90 bits per heavy atom. The number of ether oxygens (including phenoxy) is 1. The molecule has 1 aromatic heterocycles. The highest BCUT2D eigenvalue weighted by molar-refractivity contribution is 7.11. The van der Waals surface area contributed by atoms with Crippen LogP contribution in [0.4, 0.5) is 0 Å². The molecule has 0 aliphatic heterocycles. The zero-order valence-corrected chi connectivity index (χ0v) is 13.7. The quantitative estimate of drug-likeness (QED) is 0.715. The molecule has 0 spiro atoms. The van der Waals surface area contributed by atoms with Gasteiger partial charge in [-0.3, -0.25) is 0 Å². The summed E-state index contributed by atoms with van der Waals surface area (Å²) >= 11 is 1.77. The van der Waals surface area contributed by atoms with E-state index < -0.39 is 0 Å². The summed E-state index contributed by atoms with van der Waals surface area (Å²) in [6, 6.07) is 8.24. The van der Waals surface area contributed by atoms with Crippen LogP contribution in [0.15, 0.2) is 30.5 Å². The van der Waals surface area contributed by atoms with Crippen LogP contribution in [0.1, 0.15) is 35.7 Å². The van der Waals surface area contributed by atoms with Crippen LogP contribution in [0.2, 0.25) is 0 Å². The average Bonchev–Trinajstić information content (AvgIpc) is 2.96. The maximum atomic E-state index is 5.89. The van der Waals surface area contributed by atoms with Gasteiger partial charge in [0.25, 0.3) is 0 Å². The maximum absolute atomic E-state index is 5.89. The topological polar surface area (TPSA) is 34.2 Å². The number of para-hydroxylation sites is 1. The van der Waals surface area contributed by atoms with Gasteiger partial charge in [-0.1, -0.05) is 32.0 Å². The predicted octanol–water partition coefficient (Wildman–Crippen LogP) is 3.83. The first-order chi connectivity index (χ1) is 10.3. The minimum atomic E-state index is 0.687. The molecule has 0 aliphatic carbocycles. The lowest BCUT2D eigenvalue weighted by Crippen LogP contribution is -2.12. The number of aryl methyl sites for hydroxylation is 1. The smallest absolute Gasteiger partial charge is 0.122 e. The van der Waals surface area contributed by atoms with Crippen molar-refractivity contribution in [1.29, 1.82) is 0 Å². The number of nitrogens with one attached hydrogen (secondary N) is 1. The fourth-order valence-corrected chi connectivity index (χ4v) is 2.99. The molecule has 0 amide bonds. The van der Waals surface area contributed by atoms with Crippen LogP contribution in [-0.4, -0.2) is 18.1 Å². The summed E-state index contributed by atoms with van der Waals surface area (Å²) in [4.78, 5) is 5.77. The number of aromatic nitrogens is 1. The second kappa shape index (κ2) is 8.80. The summed E-state index contributed by atoms with van der Waals surface area (Å²) in [6.07, 6.45) is 5.01. The number of hydrogen-bond acceptors (Lipinski definition) is 4. The van der Waals surface area contributed by atoms with E-state index in [9.17, 15) is 0 Å². The predicted molar refractivity (Wildman–Crippen MR) is 89.1 cm³/mol. The number of benzene rings is 1. The molecule has 0 fully saturated rings. The Hall–Kier alpha value is -1.39. The molecule has 1 heterocycles. The number of thiazole rings is 1. The Kier molecular flexibility index (Phi) is 6.70. The first-order valence-electron chi connectivity index (χ1n) is 7.68. The van der Waals surface area contributed by atoms with Crippen LogP contribution < -0.4 is 10.1 Å². The second-order valence-electron chi connectivity index (χ2n) is 4.96. The zero-order valence-electron chi connectivity index (χ0n) is 12.9. The molecule has 21 heavy (non-hydrogen) atoms. The molecule has 4 heteroatoms. The van der Waals surface area contributed by atoms with Crippen molar-refractivity contribution in [2.24, 2.45) is 0 Å². The van der Waals surface area contributed by atoms with Crippen molar-refractivity contribution in [2.45, 2.75) is 39.7 Å². The van der Waals surface area contributed by atoms with Crippen molar-refractivity contribution in [3.63, 3.8) is 0 Å². The molecular weight excluding hydrogens is 280 g/mol. The molecule has 0 atom stereocenters. The van der Waals surface area contributed by atoms with E-state index in [4.69, 9.17) is 4.74 Å². The summed E-state index contributed by atoms with van der Waals surface area (Å²) in [7, 11) is 0. The molecule has 0 unspecified atom stereocenters. The first-order valence-corrected chi connectivity index (χ1v) is 8.50. The third-order valence-corrected chi connectivity index (χ3v) is 4.31. The Balaban J connectivity index is 1.78. The lowest BCUT2D eigenvalue weighted by Gasteiger charge is -2.09. The summed E-state index contributed by atoms with van der Waals surface area (Å²) in [5.74, 6) is 1.00. The van der Waals surface area contributed by atoms with Crippen molar-refractivity contribution in [1.82, 2.24) is 10.3 Å². The monoisotopic (exact) mass is 304 g/mol. The normalized spacial score (nSPS) is 10.8. The first kappa shape index (κ1) is 16.0. The lowest BCUT2D eigenvalue weighted by molar-refractivity contribution is 0.318. The largest absolute Gasteiger partial charge is 0.493 e. The van der Waals surface area contributed by atoms with Crippen LogP contribution in [0, 0.1) is 0 Å². The standard InChI is InChI=1S/C17H24N2OS/c1-3-10-18-12-15-13-19-17(21-15)9-11-20-16-8-6-5-7-14(16)4-2/h5-8,13,18H,3-4,9-12H2,1-2H3. The zero-order chi connectivity index (χ0) is 14.9. The Labute approximate surface area is 131 Å². The molecule has 0 saturated carbocycles. The SMILES string of the molecule is CCCNCc1cnc(CCOc2ccccc2CC)s1. The summed E-state index contributed by atoms with van der Waals surface area (Å²) in [6.45, 7) is 7.00. The second-order valence-corrected chi connectivity index (χ2v) is 6.16. The summed E-state index contributed by atoms with van der Waals surface area (Å²) in [5, 5.41) is 4.55. The van der Waals surface area contributed by atoms with Gasteiger partial charge >= 0.3 is 0 Å². The van der Waals surface area contributed by atoms with Crippen molar-refractivity contribution in [2.75, 3.05) is 13.2 Å². The molecular formula is C17H24N2OS. The average molecular weight is 304 g/mol. The molecule has 0 aliphatic rings. The molecule has 3 nitrogen and oxygen atoms in total. The van der Waals surface area contributed by atoms with Crippen molar-refractivity contribution in [3.8, 4) is 5.75 Å². The van der Waals surface area contributed by atoms with Gasteiger partial charge in [0.05, 0.1) is 11.6 Å². The van der Waals surface area contributed by atoms with E-state index >= 15 is 0 Å². The highest BCUT2D eigenvalue weighted by Gasteiger charge is 2.04. The third kappa shape index (κ3) is 5.14. The van der Waals surface area contributed by atoms with Crippen LogP contribution in [0.3, 0.4) is 0 Å². The Bertz CT molecular complexity index is 539. The van der Waals surface area contributed by atoms with Gasteiger partial charge in [-0.05, 0) is 31.0 Å². The van der Waals surface area contributed by atoms with Gasteiger partial charge < -0.3 is 10.1 Å². The van der Waals surface area contributed by atoms with Gasteiger partial charge in [0.15, 0.2) is 0 Å². The van der Waals surface area contributed by atoms with Gasteiger partial charge in [-0.2, -0.15) is 0 Å². The van der Waals surface area contributed by atoms with Gasteiger partial charge in [-0.25, -0.2) is 4.98 Å². The van der Waals surface area contributed by atoms with Gasteiger partial charge in [0.2, 0.25) is 0 Å². The maximum Gasteiger partial charge on any atom is 0.122 e. The van der Waals surface area contributed by atoms with Crippen LogP contribution in [0.25, 0.3) is 0 Å². The fourth-order valence-electron chi connectivity index (χ4n) is 2.12. The summed E-state index contributed by atoms with van der Waals surface area (Å²) in [5.41, 5.74) is 1.26. The van der Waals surface area contributed by atoms with E-state index in [2.05, 4.69) is 36.3 Å². The van der Waals surface area contributed by atoms with Crippen LogP contribution >= 0.6 is 11.3 Å². The molecule has 114 valence electrons. The summed E-state index contributed by atoms with van der Waals surface area (Å²) < 4.78 is 5.89. The lowest BCUT2D eigenvalue weighted by atomic mass is 10.1. The Morgan fingerprint density at radius 2 is 2.10 bits per heavy atom. The van der Waals surface area contributed by atoms with Crippen molar-refractivity contribution < 1.29 is 4.74 Å². The van der Waals surface area contributed by atoms with E-state index in [-0.39, 0.29) is 0 Å². The van der Waals surface area contributed by atoms with Crippen molar-refractivity contribution >= 4 is 11.3 Å². The molecule has 0 saturated heterocycles. The molecule has 1 aromatic carbocycles. The van der Waals surface area contributed by atoms with E-state index in [0.29, 0.717) is 6.61 Å².